The molecule has 1 aliphatic heterocycles. The van der Waals surface area contributed by atoms with Crippen molar-refractivity contribution in [3.63, 3.8) is 0 Å². The number of hydrogen-bond acceptors (Lipinski definition) is 8. The second-order valence-electron chi connectivity index (χ2n) is 8.61. The molecule has 0 radical (unpaired) electrons. The van der Waals surface area contributed by atoms with Gasteiger partial charge in [-0.3, -0.25) is 14.2 Å². The molecule has 2 heterocycles. The van der Waals surface area contributed by atoms with Gasteiger partial charge in [0.15, 0.2) is 22.9 Å². The van der Waals surface area contributed by atoms with E-state index in [4.69, 9.17) is 19.9 Å². The van der Waals surface area contributed by atoms with Gasteiger partial charge in [-0.1, -0.05) is 47.2 Å². The predicted molar refractivity (Wildman–Crippen MR) is 144 cm³/mol. The molecule has 0 aliphatic carbocycles. The predicted octanol–water partition coefficient (Wildman–Crippen LogP) is 2.37. The lowest BCUT2D eigenvalue weighted by Gasteiger charge is -2.24. The number of nitrogens with zero attached hydrogens (tertiary/aromatic N) is 2. The SMILES string of the molecule is CCOC(=O)C1=C(C)N=c2s/c(=C/c3ccc(OCC(N)=O)c(OCC)c3)c(=O)n2[C@@H]1c1ccc(C)cc1. The standard InChI is InChI=1S/C28H29N3O6S/c1-5-35-21-13-18(9-12-20(21)37-15-23(29)32)14-22-26(33)31-25(19-10-7-16(3)8-11-19)24(27(34)36-6-2)17(4)30-28(31)38-22/h7-14,25H,5-6,15H2,1-4H3,(H2,29,32)/b22-14+/t25-/m1/s1. The Bertz CT molecular complexity index is 1580. The maximum absolute atomic E-state index is 13.8. The third-order valence-electron chi connectivity index (χ3n) is 5.85. The van der Waals surface area contributed by atoms with Crippen molar-refractivity contribution in [3.8, 4) is 11.5 Å². The molecule has 1 aromatic heterocycles. The van der Waals surface area contributed by atoms with Crippen LogP contribution in [0.3, 0.4) is 0 Å². The molecule has 10 heteroatoms. The second-order valence-corrected chi connectivity index (χ2v) is 9.62. The summed E-state index contributed by atoms with van der Waals surface area (Å²) in [5.74, 6) is -0.300. The van der Waals surface area contributed by atoms with Gasteiger partial charge in [0.05, 0.1) is 35.1 Å². The van der Waals surface area contributed by atoms with Gasteiger partial charge in [0.1, 0.15) is 0 Å². The number of carbonyl (C=O) groups excluding carboxylic acids is 2. The van der Waals surface area contributed by atoms with Crippen LogP contribution in [-0.4, -0.2) is 36.3 Å². The minimum Gasteiger partial charge on any atom is -0.490 e. The summed E-state index contributed by atoms with van der Waals surface area (Å²) in [7, 11) is 0. The average Bonchev–Trinajstić information content (AvgIpc) is 3.17. The average molecular weight is 536 g/mol. The number of thiazole rings is 1. The van der Waals surface area contributed by atoms with Crippen LogP contribution in [-0.2, 0) is 14.3 Å². The minimum absolute atomic E-state index is 0.210. The lowest BCUT2D eigenvalue weighted by atomic mass is 9.95. The van der Waals surface area contributed by atoms with Crippen LogP contribution in [0.1, 0.15) is 43.5 Å². The molecule has 1 aliphatic rings. The van der Waals surface area contributed by atoms with Crippen molar-refractivity contribution in [1.82, 2.24) is 4.57 Å². The van der Waals surface area contributed by atoms with Crippen molar-refractivity contribution in [2.24, 2.45) is 10.7 Å². The Balaban J connectivity index is 1.85. The molecule has 0 saturated carbocycles. The van der Waals surface area contributed by atoms with E-state index in [9.17, 15) is 14.4 Å². The molecule has 9 nitrogen and oxygen atoms in total. The van der Waals surface area contributed by atoms with Crippen molar-refractivity contribution in [3.05, 3.63) is 90.1 Å². The molecule has 198 valence electrons. The number of nitrogens with two attached hydrogens (primary N) is 1. The summed E-state index contributed by atoms with van der Waals surface area (Å²) < 4.78 is 18.4. The van der Waals surface area contributed by atoms with Gasteiger partial charge in [0.2, 0.25) is 0 Å². The molecule has 4 rings (SSSR count). The topological polar surface area (TPSA) is 122 Å². The highest BCUT2D eigenvalue weighted by molar-refractivity contribution is 7.07. The number of primary amides is 1. The molecule has 2 N–H and O–H groups in total. The van der Waals surface area contributed by atoms with E-state index in [1.54, 1.807) is 42.7 Å². The van der Waals surface area contributed by atoms with Gasteiger partial charge in [0.25, 0.3) is 11.5 Å². The smallest absolute Gasteiger partial charge is 0.338 e. The Morgan fingerprint density at radius 1 is 1.05 bits per heavy atom. The van der Waals surface area contributed by atoms with Crippen LogP contribution >= 0.6 is 11.3 Å². The summed E-state index contributed by atoms with van der Waals surface area (Å²) in [6, 6.07) is 12.2. The Kier molecular flexibility index (Phi) is 8.11. The summed E-state index contributed by atoms with van der Waals surface area (Å²) in [6.07, 6.45) is 1.74. The van der Waals surface area contributed by atoms with E-state index in [-0.39, 0.29) is 18.8 Å². The van der Waals surface area contributed by atoms with Gasteiger partial charge in [-0.05, 0) is 57.0 Å². The third kappa shape index (κ3) is 5.55. The first-order valence-electron chi connectivity index (χ1n) is 12.2. The number of rotatable bonds is 9. The van der Waals surface area contributed by atoms with Crippen molar-refractivity contribution in [2.75, 3.05) is 19.8 Å². The molecular formula is C28H29N3O6S. The van der Waals surface area contributed by atoms with Gasteiger partial charge in [0, 0.05) is 0 Å². The zero-order valence-electron chi connectivity index (χ0n) is 21.6. The zero-order chi connectivity index (χ0) is 27.4. The van der Waals surface area contributed by atoms with Crippen LogP contribution in [0.5, 0.6) is 11.5 Å². The number of aryl methyl sites for hydroxylation is 1. The number of amides is 1. The number of benzene rings is 2. The molecule has 1 atom stereocenters. The highest BCUT2D eigenvalue weighted by Gasteiger charge is 2.33. The molecule has 0 saturated heterocycles. The number of carbonyl (C=O) groups is 2. The fourth-order valence-corrected chi connectivity index (χ4v) is 5.20. The summed E-state index contributed by atoms with van der Waals surface area (Å²) in [4.78, 5) is 43.0. The summed E-state index contributed by atoms with van der Waals surface area (Å²) >= 11 is 1.24. The van der Waals surface area contributed by atoms with E-state index in [1.807, 2.05) is 38.1 Å². The highest BCUT2D eigenvalue weighted by atomic mass is 32.1. The van der Waals surface area contributed by atoms with Crippen LogP contribution in [0.4, 0.5) is 0 Å². The van der Waals surface area contributed by atoms with E-state index in [0.29, 0.717) is 44.3 Å². The first kappa shape index (κ1) is 26.9. The van der Waals surface area contributed by atoms with E-state index in [2.05, 4.69) is 4.99 Å². The van der Waals surface area contributed by atoms with Crippen molar-refractivity contribution < 1.29 is 23.8 Å². The quantitative estimate of drug-likeness (QED) is 0.420. The number of fused-ring (bicyclic) bond motifs is 1. The largest absolute Gasteiger partial charge is 0.490 e. The number of allylic oxidation sites excluding steroid dienone is 1. The number of esters is 1. The summed E-state index contributed by atoms with van der Waals surface area (Å²) in [6.45, 7) is 7.61. The molecule has 38 heavy (non-hydrogen) atoms. The monoisotopic (exact) mass is 535 g/mol. The van der Waals surface area contributed by atoms with E-state index < -0.39 is 17.9 Å². The normalized spacial score (nSPS) is 15.1. The Labute approximate surface area is 223 Å². The van der Waals surface area contributed by atoms with Gasteiger partial charge >= 0.3 is 5.97 Å². The van der Waals surface area contributed by atoms with Crippen LogP contribution in [0.2, 0.25) is 0 Å². The van der Waals surface area contributed by atoms with Gasteiger partial charge in [-0.25, -0.2) is 9.79 Å². The van der Waals surface area contributed by atoms with Gasteiger partial charge < -0.3 is 19.9 Å². The van der Waals surface area contributed by atoms with Gasteiger partial charge in [-0.15, -0.1) is 0 Å². The number of ether oxygens (including phenoxy) is 3. The Morgan fingerprint density at radius 3 is 2.45 bits per heavy atom. The van der Waals surface area contributed by atoms with E-state index in [1.165, 1.54) is 11.3 Å². The third-order valence-corrected chi connectivity index (χ3v) is 6.83. The molecule has 3 aromatic rings. The fraction of sp³-hybridized carbons (Fsp3) is 0.286. The van der Waals surface area contributed by atoms with Crippen molar-refractivity contribution >= 4 is 29.3 Å². The molecule has 2 aromatic carbocycles. The van der Waals surface area contributed by atoms with Crippen LogP contribution in [0, 0.1) is 6.92 Å². The zero-order valence-corrected chi connectivity index (χ0v) is 22.5. The maximum atomic E-state index is 13.8. The van der Waals surface area contributed by atoms with Gasteiger partial charge in [-0.2, -0.15) is 0 Å². The van der Waals surface area contributed by atoms with Crippen LogP contribution in [0.15, 0.2) is 63.5 Å². The molecular weight excluding hydrogens is 506 g/mol. The van der Waals surface area contributed by atoms with E-state index >= 15 is 0 Å². The van der Waals surface area contributed by atoms with Crippen molar-refractivity contribution in [1.29, 1.82) is 0 Å². The molecule has 1 amide bonds. The minimum atomic E-state index is -0.670. The lowest BCUT2D eigenvalue weighted by molar-refractivity contribution is -0.139. The van der Waals surface area contributed by atoms with Crippen LogP contribution in [0.25, 0.3) is 6.08 Å². The second kappa shape index (κ2) is 11.5. The van der Waals surface area contributed by atoms with E-state index in [0.717, 1.165) is 11.1 Å². The number of aromatic nitrogens is 1. The first-order chi connectivity index (χ1) is 18.2. The lowest BCUT2D eigenvalue weighted by Crippen LogP contribution is -2.39. The molecule has 0 unspecified atom stereocenters. The van der Waals surface area contributed by atoms with Crippen LogP contribution < -0.4 is 30.1 Å². The number of hydrogen-bond donors (Lipinski definition) is 1. The Hall–Kier alpha value is -4.18. The molecule has 0 spiro atoms. The Morgan fingerprint density at radius 2 is 1.79 bits per heavy atom. The molecule has 0 fully saturated rings. The summed E-state index contributed by atoms with van der Waals surface area (Å²) in [5.41, 5.74) is 8.30. The summed E-state index contributed by atoms with van der Waals surface area (Å²) in [5, 5.41) is 0. The molecule has 0 bridgehead atoms. The van der Waals surface area contributed by atoms with Crippen molar-refractivity contribution in [2.45, 2.75) is 33.7 Å². The highest BCUT2D eigenvalue weighted by Crippen LogP contribution is 2.31. The fourth-order valence-electron chi connectivity index (χ4n) is 4.16. The first-order valence-corrected chi connectivity index (χ1v) is 13.0. The maximum Gasteiger partial charge on any atom is 0.338 e.